The van der Waals surface area contributed by atoms with E-state index in [4.69, 9.17) is 5.73 Å². The minimum atomic E-state index is -3.18. The minimum absolute atomic E-state index is 0.288. The molecule has 3 nitrogen and oxygen atoms in total. The van der Waals surface area contributed by atoms with Crippen molar-refractivity contribution in [3.8, 4) is 0 Å². The van der Waals surface area contributed by atoms with Gasteiger partial charge in [0.1, 0.15) is 0 Å². The molecule has 0 aliphatic rings. The lowest BCUT2D eigenvalue weighted by atomic mass is 9.96. The second kappa shape index (κ2) is 3.88. The number of rotatable bonds is 2. The van der Waals surface area contributed by atoms with Gasteiger partial charge in [-0.3, -0.25) is 0 Å². The van der Waals surface area contributed by atoms with Crippen LogP contribution in [0.1, 0.15) is 19.4 Å². The third kappa shape index (κ3) is 3.03. The van der Waals surface area contributed by atoms with Crippen LogP contribution >= 0.6 is 15.9 Å². The van der Waals surface area contributed by atoms with Gasteiger partial charge in [-0.1, -0.05) is 6.07 Å². The zero-order valence-electron chi connectivity index (χ0n) is 8.91. The van der Waals surface area contributed by atoms with Crippen molar-refractivity contribution in [2.45, 2.75) is 24.3 Å². The molecule has 1 aromatic carbocycles. The summed E-state index contributed by atoms with van der Waals surface area (Å²) in [6.07, 6.45) is 1.18. The number of benzene rings is 1. The highest BCUT2D eigenvalue weighted by Crippen LogP contribution is 2.27. The molecule has 0 saturated carbocycles. The zero-order chi connectivity index (χ0) is 11.9. The van der Waals surface area contributed by atoms with Gasteiger partial charge in [0, 0.05) is 16.3 Å². The Morgan fingerprint density at radius 3 is 2.20 bits per heavy atom. The molecule has 0 fully saturated rings. The molecule has 0 heterocycles. The van der Waals surface area contributed by atoms with Crippen molar-refractivity contribution >= 4 is 25.8 Å². The summed E-state index contributed by atoms with van der Waals surface area (Å²) in [5.41, 5.74) is 6.33. The molecule has 0 saturated heterocycles. The van der Waals surface area contributed by atoms with Gasteiger partial charge in [0.2, 0.25) is 0 Å². The second-order valence-electron chi connectivity index (χ2n) is 4.14. The Hall–Kier alpha value is -0.390. The summed E-state index contributed by atoms with van der Waals surface area (Å²) in [7, 11) is -3.18. The van der Waals surface area contributed by atoms with Gasteiger partial charge in [0.05, 0.1) is 4.90 Å². The SMILES string of the molecule is CC(C)(N)c1ccc(S(C)(=O)=O)c(Br)c1. The number of hydrogen-bond acceptors (Lipinski definition) is 3. The van der Waals surface area contributed by atoms with Crippen molar-refractivity contribution in [1.82, 2.24) is 0 Å². The lowest BCUT2D eigenvalue weighted by Crippen LogP contribution is -2.28. The van der Waals surface area contributed by atoms with E-state index in [0.717, 1.165) is 5.56 Å². The van der Waals surface area contributed by atoms with Crippen molar-refractivity contribution in [2.24, 2.45) is 5.73 Å². The summed E-state index contributed by atoms with van der Waals surface area (Å²) in [6.45, 7) is 3.74. The van der Waals surface area contributed by atoms with E-state index in [0.29, 0.717) is 4.47 Å². The first-order valence-corrected chi connectivity index (χ1v) is 7.10. The molecule has 0 aliphatic heterocycles. The molecule has 1 aromatic rings. The molecular formula is C10H14BrNO2S. The van der Waals surface area contributed by atoms with Crippen LogP contribution in [0.25, 0.3) is 0 Å². The lowest BCUT2D eigenvalue weighted by molar-refractivity contribution is 0.553. The van der Waals surface area contributed by atoms with Crippen molar-refractivity contribution in [2.75, 3.05) is 6.26 Å². The fraction of sp³-hybridized carbons (Fsp3) is 0.400. The standard InChI is InChI=1S/C10H14BrNO2S/c1-10(2,12)7-4-5-9(8(11)6-7)15(3,13)14/h4-6H,12H2,1-3H3. The molecule has 1 rings (SSSR count). The Bertz CT molecular complexity index is 475. The van der Waals surface area contributed by atoms with Crippen LogP contribution < -0.4 is 5.73 Å². The van der Waals surface area contributed by atoms with Gasteiger partial charge in [-0.2, -0.15) is 0 Å². The predicted octanol–water partition coefficient (Wildman–Crippen LogP) is 2.05. The number of nitrogens with two attached hydrogens (primary N) is 1. The summed E-state index contributed by atoms with van der Waals surface area (Å²) in [5, 5.41) is 0. The van der Waals surface area contributed by atoms with Crippen molar-refractivity contribution in [1.29, 1.82) is 0 Å². The number of sulfone groups is 1. The first-order valence-electron chi connectivity index (χ1n) is 4.41. The molecule has 0 aliphatic carbocycles. The maximum atomic E-state index is 11.4. The van der Waals surface area contributed by atoms with E-state index in [-0.39, 0.29) is 4.90 Å². The molecule has 15 heavy (non-hydrogen) atoms. The molecule has 0 radical (unpaired) electrons. The maximum absolute atomic E-state index is 11.4. The number of hydrogen-bond donors (Lipinski definition) is 1. The van der Waals surface area contributed by atoms with E-state index >= 15 is 0 Å². The Labute approximate surface area is 98.7 Å². The smallest absolute Gasteiger partial charge is 0.176 e. The van der Waals surface area contributed by atoms with E-state index in [2.05, 4.69) is 15.9 Å². The first kappa shape index (κ1) is 12.7. The molecule has 0 amide bonds. The highest BCUT2D eigenvalue weighted by Gasteiger charge is 2.18. The monoisotopic (exact) mass is 291 g/mol. The van der Waals surface area contributed by atoms with E-state index in [1.807, 2.05) is 13.8 Å². The maximum Gasteiger partial charge on any atom is 0.176 e. The average Bonchev–Trinajstić information content (AvgIpc) is 1.99. The Balaban J connectivity index is 3.34. The summed E-state index contributed by atoms with van der Waals surface area (Å²) >= 11 is 3.24. The molecule has 0 aromatic heterocycles. The van der Waals surface area contributed by atoms with Crippen molar-refractivity contribution in [3.63, 3.8) is 0 Å². The molecule has 2 N–H and O–H groups in total. The topological polar surface area (TPSA) is 60.2 Å². The van der Waals surface area contributed by atoms with Gasteiger partial charge < -0.3 is 5.73 Å². The molecule has 84 valence electrons. The Morgan fingerprint density at radius 2 is 1.87 bits per heavy atom. The van der Waals surface area contributed by atoms with Crippen LogP contribution in [-0.2, 0) is 15.4 Å². The van der Waals surface area contributed by atoms with Crippen LogP contribution in [0.5, 0.6) is 0 Å². The molecular weight excluding hydrogens is 278 g/mol. The van der Waals surface area contributed by atoms with Gasteiger partial charge >= 0.3 is 0 Å². The number of halogens is 1. The molecule has 0 spiro atoms. The average molecular weight is 292 g/mol. The fourth-order valence-electron chi connectivity index (χ4n) is 1.20. The molecule has 5 heteroatoms. The summed E-state index contributed by atoms with van der Waals surface area (Å²) < 4.78 is 23.3. The summed E-state index contributed by atoms with van der Waals surface area (Å²) in [6, 6.07) is 5.06. The summed E-state index contributed by atoms with van der Waals surface area (Å²) in [4.78, 5) is 0.288. The van der Waals surface area contributed by atoms with E-state index in [1.54, 1.807) is 18.2 Å². The predicted molar refractivity (Wildman–Crippen MR) is 64.5 cm³/mol. The van der Waals surface area contributed by atoms with E-state index in [1.165, 1.54) is 6.26 Å². The third-order valence-electron chi connectivity index (χ3n) is 2.08. The van der Waals surface area contributed by atoms with Crippen LogP contribution in [0.4, 0.5) is 0 Å². The highest BCUT2D eigenvalue weighted by atomic mass is 79.9. The van der Waals surface area contributed by atoms with Crippen LogP contribution in [0.15, 0.2) is 27.6 Å². The summed E-state index contributed by atoms with van der Waals surface area (Å²) in [5.74, 6) is 0. The largest absolute Gasteiger partial charge is 0.322 e. The van der Waals surface area contributed by atoms with Gasteiger partial charge in [0.15, 0.2) is 9.84 Å². The second-order valence-corrected chi connectivity index (χ2v) is 6.98. The molecule has 0 unspecified atom stereocenters. The van der Waals surface area contributed by atoms with Crippen LogP contribution in [0.3, 0.4) is 0 Å². The van der Waals surface area contributed by atoms with Gasteiger partial charge in [-0.15, -0.1) is 0 Å². The lowest BCUT2D eigenvalue weighted by Gasteiger charge is -2.19. The quantitative estimate of drug-likeness (QED) is 0.907. The highest BCUT2D eigenvalue weighted by molar-refractivity contribution is 9.10. The fourth-order valence-corrected chi connectivity index (χ4v) is 3.19. The van der Waals surface area contributed by atoms with Gasteiger partial charge in [-0.05, 0) is 47.5 Å². The zero-order valence-corrected chi connectivity index (χ0v) is 11.3. The van der Waals surface area contributed by atoms with E-state index in [9.17, 15) is 8.42 Å². The third-order valence-corrected chi connectivity index (χ3v) is 4.15. The van der Waals surface area contributed by atoms with Crippen LogP contribution in [0.2, 0.25) is 0 Å². The van der Waals surface area contributed by atoms with Crippen molar-refractivity contribution in [3.05, 3.63) is 28.2 Å². The first-order chi connectivity index (χ1) is 6.62. The normalized spacial score (nSPS) is 12.9. The Kier molecular flexibility index (Phi) is 3.28. The van der Waals surface area contributed by atoms with Crippen LogP contribution in [0, 0.1) is 0 Å². The molecule has 0 atom stereocenters. The van der Waals surface area contributed by atoms with E-state index < -0.39 is 15.4 Å². The van der Waals surface area contributed by atoms with Crippen LogP contribution in [-0.4, -0.2) is 14.7 Å². The Morgan fingerprint density at radius 1 is 1.33 bits per heavy atom. The molecule has 0 bridgehead atoms. The van der Waals surface area contributed by atoms with Gasteiger partial charge in [-0.25, -0.2) is 8.42 Å². The van der Waals surface area contributed by atoms with Crippen molar-refractivity contribution < 1.29 is 8.42 Å². The minimum Gasteiger partial charge on any atom is -0.322 e. The van der Waals surface area contributed by atoms with Gasteiger partial charge in [0.25, 0.3) is 0 Å².